The lowest BCUT2D eigenvalue weighted by molar-refractivity contribution is 0.0792. The molecule has 0 atom stereocenters. The van der Waals surface area contributed by atoms with Crippen LogP contribution in [0, 0.1) is 11.6 Å². The number of hydrogen-bond donors (Lipinski definition) is 0. The monoisotopic (exact) mass is 449 g/mol. The van der Waals surface area contributed by atoms with Gasteiger partial charge in [0.2, 0.25) is 0 Å². The standard InChI is InChI=1S/C25H25F2N5O/c26-19-9-7-18(8-10-19)23-28-17-20(25(33)32-11-3-4-12-32)24(29-23)31-15-13-30(14-16-31)22-6-2-1-5-21(22)27/h1-2,5-10,17H,3-4,11-16H2. The zero-order valence-electron chi connectivity index (χ0n) is 18.3. The zero-order chi connectivity index (χ0) is 22.8. The third-order valence-corrected chi connectivity index (χ3v) is 6.27. The molecule has 1 amide bonds. The van der Waals surface area contributed by atoms with Crippen LogP contribution in [0.15, 0.2) is 54.7 Å². The van der Waals surface area contributed by atoms with Gasteiger partial charge < -0.3 is 14.7 Å². The Labute approximate surface area is 191 Å². The predicted molar refractivity (Wildman–Crippen MR) is 123 cm³/mol. The topological polar surface area (TPSA) is 52.6 Å². The number of piperazine rings is 1. The van der Waals surface area contributed by atoms with Gasteiger partial charge in [0.05, 0.1) is 5.69 Å². The van der Waals surface area contributed by atoms with Gasteiger partial charge in [-0.3, -0.25) is 4.79 Å². The van der Waals surface area contributed by atoms with E-state index in [0.29, 0.717) is 54.6 Å². The second kappa shape index (κ2) is 9.13. The predicted octanol–water partition coefficient (Wildman–Crippen LogP) is 3.98. The van der Waals surface area contributed by atoms with Crippen molar-refractivity contribution in [3.8, 4) is 11.4 Å². The lowest BCUT2D eigenvalue weighted by Crippen LogP contribution is -2.48. The number of aromatic nitrogens is 2. The van der Waals surface area contributed by atoms with E-state index in [2.05, 4.69) is 9.88 Å². The molecular formula is C25H25F2N5O. The van der Waals surface area contributed by atoms with Crippen LogP contribution < -0.4 is 9.80 Å². The number of carbonyl (C=O) groups excluding carboxylic acids is 1. The van der Waals surface area contributed by atoms with Crippen LogP contribution in [0.2, 0.25) is 0 Å². The highest BCUT2D eigenvalue weighted by molar-refractivity contribution is 5.99. The maximum absolute atomic E-state index is 14.3. The van der Waals surface area contributed by atoms with Gasteiger partial charge in [-0.05, 0) is 49.2 Å². The van der Waals surface area contributed by atoms with Gasteiger partial charge >= 0.3 is 0 Å². The number of para-hydroxylation sites is 1. The fourth-order valence-electron chi connectivity index (χ4n) is 4.46. The molecule has 1 aromatic heterocycles. The van der Waals surface area contributed by atoms with Crippen molar-refractivity contribution in [2.24, 2.45) is 0 Å². The van der Waals surface area contributed by atoms with E-state index in [4.69, 9.17) is 4.98 Å². The number of amides is 1. The molecule has 2 aromatic carbocycles. The maximum atomic E-state index is 14.3. The molecule has 0 radical (unpaired) electrons. The van der Waals surface area contributed by atoms with Crippen molar-refractivity contribution in [2.75, 3.05) is 49.1 Å². The van der Waals surface area contributed by atoms with E-state index in [0.717, 1.165) is 25.9 Å². The number of nitrogens with zero attached hydrogens (tertiary/aromatic N) is 5. The molecule has 33 heavy (non-hydrogen) atoms. The molecule has 2 aliphatic rings. The summed E-state index contributed by atoms with van der Waals surface area (Å²) in [6.07, 6.45) is 3.58. The summed E-state index contributed by atoms with van der Waals surface area (Å²) in [5, 5.41) is 0. The van der Waals surface area contributed by atoms with Crippen LogP contribution in [0.1, 0.15) is 23.2 Å². The van der Waals surface area contributed by atoms with Crippen LogP contribution in [-0.4, -0.2) is 60.0 Å². The van der Waals surface area contributed by atoms with Crippen molar-refractivity contribution < 1.29 is 13.6 Å². The number of anilines is 2. The number of benzene rings is 2. The summed E-state index contributed by atoms with van der Waals surface area (Å²) in [6, 6.07) is 12.8. The molecule has 5 rings (SSSR count). The fourth-order valence-corrected chi connectivity index (χ4v) is 4.46. The number of hydrogen-bond acceptors (Lipinski definition) is 5. The molecule has 2 saturated heterocycles. The average Bonchev–Trinajstić information content (AvgIpc) is 3.39. The smallest absolute Gasteiger partial charge is 0.259 e. The van der Waals surface area contributed by atoms with Gasteiger partial charge in [0, 0.05) is 51.0 Å². The van der Waals surface area contributed by atoms with Crippen LogP contribution in [0.3, 0.4) is 0 Å². The Bertz CT molecular complexity index is 1140. The number of likely N-dealkylation sites (tertiary alicyclic amines) is 1. The first-order valence-corrected chi connectivity index (χ1v) is 11.3. The Kier molecular flexibility index (Phi) is 5.90. The summed E-state index contributed by atoms with van der Waals surface area (Å²) in [5.74, 6) is 0.388. The summed E-state index contributed by atoms with van der Waals surface area (Å²) in [5.41, 5.74) is 1.74. The van der Waals surface area contributed by atoms with E-state index in [1.165, 1.54) is 18.2 Å². The van der Waals surface area contributed by atoms with E-state index in [1.807, 2.05) is 15.9 Å². The van der Waals surface area contributed by atoms with Gasteiger partial charge in [0.1, 0.15) is 23.0 Å². The van der Waals surface area contributed by atoms with E-state index >= 15 is 0 Å². The Hall–Kier alpha value is -3.55. The first-order chi connectivity index (χ1) is 16.1. The molecule has 0 bridgehead atoms. The molecule has 2 fully saturated rings. The molecule has 0 saturated carbocycles. The molecule has 170 valence electrons. The third-order valence-electron chi connectivity index (χ3n) is 6.27. The van der Waals surface area contributed by atoms with Crippen LogP contribution >= 0.6 is 0 Å². The minimum atomic E-state index is -0.330. The van der Waals surface area contributed by atoms with Crippen molar-refractivity contribution in [3.05, 3.63) is 71.9 Å². The SMILES string of the molecule is O=C(c1cnc(-c2ccc(F)cc2)nc1N1CCN(c2ccccc2F)CC1)N1CCCC1. The second-order valence-electron chi connectivity index (χ2n) is 8.36. The molecule has 0 unspecified atom stereocenters. The van der Waals surface area contributed by atoms with Gasteiger partial charge in [0.25, 0.3) is 5.91 Å². The van der Waals surface area contributed by atoms with Crippen LogP contribution in [0.5, 0.6) is 0 Å². The lowest BCUT2D eigenvalue weighted by atomic mass is 10.1. The van der Waals surface area contributed by atoms with E-state index < -0.39 is 0 Å². The summed E-state index contributed by atoms with van der Waals surface area (Å²) < 4.78 is 27.6. The minimum absolute atomic E-state index is 0.0651. The molecule has 3 aromatic rings. The van der Waals surface area contributed by atoms with Crippen molar-refractivity contribution in [3.63, 3.8) is 0 Å². The molecule has 0 N–H and O–H groups in total. The third kappa shape index (κ3) is 4.37. The van der Waals surface area contributed by atoms with Crippen molar-refractivity contribution in [1.29, 1.82) is 0 Å². The van der Waals surface area contributed by atoms with Crippen molar-refractivity contribution in [2.45, 2.75) is 12.8 Å². The van der Waals surface area contributed by atoms with E-state index in [9.17, 15) is 13.6 Å². The van der Waals surface area contributed by atoms with Crippen LogP contribution in [0.4, 0.5) is 20.3 Å². The molecule has 0 spiro atoms. The summed E-state index contributed by atoms with van der Waals surface area (Å²) >= 11 is 0. The average molecular weight is 450 g/mol. The highest BCUT2D eigenvalue weighted by atomic mass is 19.1. The highest BCUT2D eigenvalue weighted by Crippen LogP contribution is 2.27. The molecule has 8 heteroatoms. The first kappa shape index (κ1) is 21.3. The van der Waals surface area contributed by atoms with Crippen molar-refractivity contribution >= 4 is 17.4 Å². The number of rotatable bonds is 4. The fraction of sp³-hybridized carbons (Fsp3) is 0.320. The highest BCUT2D eigenvalue weighted by Gasteiger charge is 2.28. The molecule has 2 aliphatic heterocycles. The summed E-state index contributed by atoms with van der Waals surface area (Å²) in [7, 11) is 0. The normalized spacial score (nSPS) is 16.4. The molecular weight excluding hydrogens is 424 g/mol. The maximum Gasteiger partial charge on any atom is 0.259 e. The van der Waals surface area contributed by atoms with Gasteiger partial charge in [0.15, 0.2) is 5.82 Å². The van der Waals surface area contributed by atoms with Gasteiger partial charge in [-0.25, -0.2) is 18.7 Å². The van der Waals surface area contributed by atoms with E-state index in [-0.39, 0.29) is 17.5 Å². The Morgan fingerprint density at radius 3 is 2.18 bits per heavy atom. The Morgan fingerprint density at radius 2 is 1.48 bits per heavy atom. The van der Waals surface area contributed by atoms with E-state index in [1.54, 1.807) is 30.5 Å². The van der Waals surface area contributed by atoms with Crippen LogP contribution in [-0.2, 0) is 0 Å². The zero-order valence-corrected chi connectivity index (χ0v) is 18.3. The van der Waals surface area contributed by atoms with Gasteiger partial charge in [-0.15, -0.1) is 0 Å². The summed E-state index contributed by atoms with van der Waals surface area (Å²) in [4.78, 5) is 28.3. The van der Waals surface area contributed by atoms with Gasteiger partial charge in [-0.1, -0.05) is 12.1 Å². The lowest BCUT2D eigenvalue weighted by Gasteiger charge is -2.37. The van der Waals surface area contributed by atoms with Crippen molar-refractivity contribution in [1.82, 2.24) is 14.9 Å². The minimum Gasteiger partial charge on any atom is -0.366 e. The summed E-state index contributed by atoms with van der Waals surface area (Å²) in [6.45, 7) is 3.86. The first-order valence-electron chi connectivity index (χ1n) is 11.3. The molecule has 3 heterocycles. The van der Waals surface area contributed by atoms with Gasteiger partial charge in [-0.2, -0.15) is 0 Å². The quantitative estimate of drug-likeness (QED) is 0.603. The number of halogens is 2. The van der Waals surface area contributed by atoms with Crippen LogP contribution in [0.25, 0.3) is 11.4 Å². The molecule has 0 aliphatic carbocycles. The Morgan fingerprint density at radius 1 is 0.818 bits per heavy atom. The Balaban J connectivity index is 1.44. The molecule has 6 nitrogen and oxygen atoms in total. The number of carbonyl (C=O) groups is 1. The largest absolute Gasteiger partial charge is 0.366 e. The second-order valence-corrected chi connectivity index (χ2v) is 8.36.